The fraction of sp³-hybridized carbons (Fsp3) is 0.360. The second-order valence-electron chi connectivity index (χ2n) is 8.62. The summed E-state index contributed by atoms with van der Waals surface area (Å²) in [5.41, 5.74) is 1.01. The Kier molecular flexibility index (Phi) is 8.55. The van der Waals surface area contributed by atoms with Crippen LogP contribution in [0.2, 0.25) is 0 Å². The monoisotopic (exact) mass is 527 g/mol. The van der Waals surface area contributed by atoms with Crippen LogP contribution in [-0.2, 0) is 14.8 Å². The number of nitrogens with zero attached hydrogens (tertiary/aromatic N) is 3. The van der Waals surface area contributed by atoms with Gasteiger partial charge in [-0.3, -0.25) is 14.3 Å². The quantitative estimate of drug-likeness (QED) is 0.283. The maximum Gasteiger partial charge on any atom is 0.263 e. The van der Waals surface area contributed by atoms with Gasteiger partial charge in [0.25, 0.3) is 10.0 Å². The SMILES string of the molecule is CC(=O)SCC(=O)c1ccc(NS(=O)(=O)c2ccc3nc(NCCCN4CCCC4)ccc3c2)nc1. The molecule has 2 aromatic heterocycles. The summed E-state index contributed by atoms with van der Waals surface area (Å²) in [5, 5.41) is 3.90. The molecule has 3 heterocycles. The van der Waals surface area contributed by atoms with Crippen molar-refractivity contribution < 1.29 is 18.0 Å². The van der Waals surface area contributed by atoms with Gasteiger partial charge in [-0.2, -0.15) is 0 Å². The van der Waals surface area contributed by atoms with E-state index in [0.717, 1.165) is 37.1 Å². The average Bonchev–Trinajstić information content (AvgIpc) is 3.38. The minimum absolute atomic E-state index is 0.0169. The molecule has 0 spiro atoms. The van der Waals surface area contributed by atoms with E-state index < -0.39 is 10.0 Å². The molecule has 11 heteroatoms. The highest BCUT2D eigenvalue weighted by atomic mass is 32.2. The fourth-order valence-corrected chi connectivity index (χ4v) is 5.51. The van der Waals surface area contributed by atoms with Gasteiger partial charge in [0.1, 0.15) is 11.6 Å². The van der Waals surface area contributed by atoms with Crippen molar-refractivity contribution in [3.63, 3.8) is 0 Å². The van der Waals surface area contributed by atoms with Crippen molar-refractivity contribution in [2.75, 3.05) is 42.0 Å². The molecular weight excluding hydrogens is 498 g/mol. The largest absolute Gasteiger partial charge is 0.370 e. The van der Waals surface area contributed by atoms with Crippen LogP contribution in [0.5, 0.6) is 0 Å². The van der Waals surface area contributed by atoms with Crippen LogP contribution >= 0.6 is 11.8 Å². The van der Waals surface area contributed by atoms with Gasteiger partial charge in [0.05, 0.1) is 16.2 Å². The zero-order valence-corrected chi connectivity index (χ0v) is 21.7. The molecule has 1 aliphatic rings. The molecule has 0 bridgehead atoms. The minimum atomic E-state index is -3.89. The molecule has 1 fully saturated rings. The smallest absolute Gasteiger partial charge is 0.263 e. The van der Waals surface area contributed by atoms with Gasteiger partial charge < -0.3 is 10.2 Å². The Morgan fingerprint density at radius 1 is 1.06 bits per heavy atom. The molecule has 0 radical (unpaired) electrons. The highest BCUT2D eigenvalue weighted by Crippen LogP contribution is 2.22. The molecule has 1 saturated heterocycles. The van der Waals surface area contributed by atoms with Crippen LogP contribution in [-0.4, -0.2) is 66.1 Å². The third kappa shape index (κ3) is 7.02. The third-order valence-electron chi connectivity index (χ3n) is 5.86. The summed E-state index contributed by atoms with van der Waals surface area (Å²) >= 11 is 0.918. The van der Waals surface area contributed by atoms with E-state index in [1.807, 2.05) is 12.1 Å². The summed E-state index contributed by atoms with van der Waals surface area (Å²) in [7, 11) is -3.89. The first-order valence-corrected chi connectivity index (χ1v) is 14.3. The number of Topliss-reactive ketones (excluding diaryl/α,β-unsaturated/α-hetero) is 1. The van der Waals surface area contributed by atoms with Crippen molar-refractivity contribution in [2.24, 2.45) is 0 Å². The van der Waals surface area contributed by atoms with E-state index in [1.54, 1.807) is 12.1 Å². The van der Waals surface area contributed by atoms with Gasteiger partial charge in [-0.1, -0.05) is 11.8 Å². The lowest BCUT2D eigenvalue weighted by Gasteiger charge is -2.14. The summed E-state index contributed by atoms with van der Waals surface area (Å²) in [4.78, 5) is 34.3. The maximum absolute atomic E-state index is 12.9. The number of hydrogen-bond acceptors (Lipinski definition) is 9. The number of carbonyl (C=O) groups excluding carboxylic acids is 2. The molecule has 1 aromatic carbocycles. The van der Waals surface area contributed by atoms with E-state index in [2.05, 4.69) is 24.9 Å². The van der Waals surface area contributed by atoms with Crippen LogP contribution < -0.4 is 10.0 Å². The number of fused-ring (bicyclic) bond motifs is 1. The molecule has 0 unspecified atom stereocenters. The molecule has 0 atom stereocenters. The van der Waals surface area contributed by atoms with Crippen LogP contribution in [0.3, 0.4) is 0 Å². The Morgan fingerprint density at radius 3 is 2.56 bits per heavy atom. The van der Waals surface area contributed by atoms with E-state index in [9.17, 15) is 18.0 Å². The number of aromatic nitrogens is 2. The normalized spacial score (nSPS) is 14.1. The van der Waals surface area contributed by atoms with Crippen LogP contribution in [0.1, 0.15) is 36.5 Å². The number of anilines is 2. The number of benzene rings is 1. The predicted molar refractivity (Wildman–Crippen MR) is 143 cm³/mol. The van der Waals surface area contributed by atoms with Crippen LogP contribution in [0.4, 0.5) is 11.6 Å². The summed E-state index contributed by atoms with van der Waals surface area (Å²) in [6.07, 6.45) is 4.92. The highest BCUT2D eigenvalue weighted by molar-refractivity contribution is 8.14. The van der Waals surface area contributed by atoms with E-state index in [-0.39, 0.29) is 27.4 Å². The second-order valence-corrected chi connectivity index (χ2v) is 11.5. The van der Waals surface area contributed by atoms with Gasteiger partial charge >= 0.3 is 0 Å². The topological polar surface area (TPSA) is 121 Å². The van der Waals surface area contributed by atoms with Crippen LogP contribution in [0, 0.1) is 0 Å². The molecule has 190 valence electrons. The molecule has 0 saturated carbocycles. The Labute approximate surface area is 215 Å². The Hall–Kier alpha value is -3.02. The van der Waals surface area contributed by atoms with Gasteiger partial charge in [-0.15, -0.1) is 0 Å². The molecule has 9 nitrogen and oxygen atoms in total. The number of pyridine rings is 2. The fourth-order valence-electron chi connectivity index (χ4n) is 3.96. The molecule has 36 heavy (non-hydrogen) atoms. The van der Waals surface area contributed by atoms with E-state index in [0.29, 0.717) is 16.5 Å². The van der Waals surface area contributed by atoms with Crippen molar-refractivity contribution in [1.82, 2.24) is 14.9 Å². The molecule has 0 aliphatic carbocycles. The molecule has 2 N–H and O–H groups in total. The van der Waals surface area contributed by atoms with Gasteiger partial charge in [-0.05, 0) is 81.4 Å². The van der Waals surface area contributed by atoms with E-state index >= 15 is 0 Å². The van der Waals surface area contributed by atoms with Gasteiger partial charge in [0, 0.05) is 30.6 Å². The average molecular weight is 528 g/mol. The van der Waals surface area contributed by atoms with Crippen molar-refractivity contribution in [3.8, 4) is 0 Å². The molecule has 4 rings (SSSR count). The number of hydrogen-bond donors (Lipinski definition) is 2. The highest BCUT2D eigenvalue weighted by Gasteiger charge is 2.17. The molecule has 3 aromatic rings. The number of nitrogens with one attached hydrogen (secondary N) is 2. The lowest BCUT2D eigenvalue weighted by molar-refractivity contribution is -0.109. The number of rotatable bonds is 11. The molecule has 1 aliphatic heterocycles. The van der Waals surface area contributed by atoms with Crippen LogP contribution in [0.15, 0.2) is 53.6 Å². The zero-order valence-electron chi connectivity index (χ0n) is 20.1. The summed E-state index contributed by atoms with van der Waals surface area (Å²) in [6, 6.07) is 11.4. The van der Waals surface area contributed by atoms with E-state index in [4.69, 9.17) is 0 Å². The number of carbonyl (C=O) groups is 2. The Bertz CT molecular complexity index is 1340. The standard InChI is InChI=1S/C25H29N5O4S2/c1-18(31)35-17-23(32)20-6-10-25(27-16-20)29-36(33,34)21-7-8-22-19(15-21)5-9-24(28-22)26-11-4-14-30-12-2-3-13-30/h5-10,15-16H,2-4,11-14,17H2,1H3,(H,26,28)(H,27,29). The Balaban J connectivity index is 1.36. The number of likely N-dealkylation sites (tertiary alicyclic amines) is 1. The summed E-state index contributed by atoms with van der Waals surface area (Å²) in [5.74, 6) is 0.624. The number of thioether (sulfide) groups is 1. The van der Waals surface area contributed by atoms with Gasteiger partial charge in [0.15, 0.2) is 10.9 Å². The van der Waals surface area contributed by atoms with Crippen molar-refractivity contribution in [2.45, 2.75) is 31.1 Å². The number of sulfonamides is 1. The minimum Gasteiger partial charge on any atom is -0.370 e. The predicted octanol–water partition coefficient (Wildman–Crippen LogP) is 3.79. The van der Waals surface area contributed by atoms with Gasteiger partial charge in [-0.25, -0.2) is 18.4 Å². The first kappa shape index (κ1) is 26.1. The lowest BCUT2D eigenvalue weighted by atomic mass is 10.2. The summed E-state index contributed by atoms with van der Waals surface area (Å²) < 4.78 is 28.2. The first-order chi connectivity index (χ1) is 17.3. The first-order valence-electron chi connectivity index (χ1n) is 11.8. The van der Waals surface area contributed by atoms with Crippen molar-refractivity contribution in [3.05, 3.63) is 54.2 Å². The lowest BCUT2D eigenvalue weighted by Crippen LogP contribution is -2.22. The van der Waals surface area contributed by atoms with Crippen LogP contribution in [0.25, 0.3) is 10.9 Å². The summed E-state index contributed by atoms with van der Waals surface area (Å²) in [6.45, 7) is 5.69. The van der Waals surface area contributed by atoms with Crippen molar-refractivity contribution >= 4 is 55.2 Å². The van der Waals surface area contributed by atoms with Gasteiger partial charge in [0.2, 0.25) is 0 Å². The molecule has 0 amide bonds. The second kappa shape index (κ2) is 11.8. The number of ketones is 1. The third-order valence-corrected chi connectivity index (χ3v) is 8.02. The van der Waals surface area contributed by atoms with Crippen molar-refractivity contribution in [1.29, 1.82) is 0 Å². The zero-order chi connectivity index (χ0) is 25.5. The van der Waals surface area contributed by atoms with E-state index in [1.165, 1.54) is 57.3 Å². The maximum atomic E-state index is 12.9. The molecular formula is C25H29N5O4S2. The Morgan fingerprint density at radius 2 is 1.83 bits per heavy atom.